The summed E-state index contributed by atoms with van der Waals surface area (Å²) in [7, 11) is 0. The Morgan fingerprint density at radius 1 is 1.18 bits per heavy atom. The number of amides is 1. The van der Waals surface area contributed by atoms with Gasteiger partial charge >= 0.3 is 51.4 Å². The molecule has 144 valence electrons. The molecule has 0 aliphatic heterocycles. The van der Waals surface area contributed by atoms with E-state index in [1.807, 2.05) is 50.5 Å². The Morgan fingerprint density at radius 2 is 1.86 bits per heavy atom. The van der Waals surface area contributed by atoms with Crippen LogP contribution in [-0.4, -0.2) is 12.2 Å². The summed E-state index contributed by atoms with van der Waals surface area (Å²) in [5.74, 6) is 0.342. The maximum atomic E-state index is 12.0. The van der Waals surface area contributed by atoms with Crippen molar-refractivity contribution in [2.75, 3.05) is 5.32 Å². The third-order valence-electron chi connectivity index (χ3n) is 4.77. The van der Waals surface area contributed by atoms with E-state index < -0.39 is 0 Å². The van der Waals surface area contributed by atoms with Crippen LogP contribution in [0.25, 0.3) is 0 Å². The van der Waals surface area contributed by atoms with Crippen LogP contribution >= 0.6 is 15.9 Å². The summed E-state index contributed by atoms with van der Waals surface area (Å²) in [6.07, 6.45) is 8.19. The van der Waals surface area contributed by atoms with Crippen molar-refractivity contribution in [3.63, 3.8) is 0 Å². The molecule has 0 bridgehead atoms. The van der Waals surface area contributed by atoms with E-state index in [0.717, 1.165) is 47.0 Å². The van der Waals surface area contributed by atoms with Gasteiger partial charge in [0.05, 0.1) is 0 Å². The molecule has 0 heterocycles. The number of rotatable bonds is 3. The number of nitrogens with one attached hydrogen (secondary N) is 1. The van der Waals surface area contributed by atoms with Crippen LogP contribution in [0.4, 0.5) is 5.69 Å². The summed E-state index contributed by atoms with van der Waals surface area (Å²) in [5, 5.41) is 3.00. The number of anilines is 1. The van der Waals surface area contributed by atoms with Gasteiger partial charge in [-0.2, -0.15) is 12.8 Å². The van der Waals surface area contributed by atoms with Crippen LogP contribution in [0.5, 0.6) is 0 Å². The second-order valence-electron chi connectivity index (χ2n) is 6.80. The number of hydrogen-bond donors (Lipinski definition) is 1. The van der Waals surface area contributed by atoms with Crippen molar-refractivity contribution in [2.45, 2.75) is 39.5 Å². The monoisotopic (exact) mass is 465 g/mol. The quantitative estimate of drug-likeness (QED) is 0.559. The molecule has 3 nitrogen and oxygen atoms in total. The molecular formula is C23H25BrKNO2-2. The summed E-state index contributed by atoms with van der Waals surface area (Å²) in [6, 6.07) is 11.4. The molecule has 28 heavy (non-hydrogen) atoms. The Kier molecular flexibility index (Phi) is 11.9. The Hall–Kier alpha value is -0.434. The minimum atomic E-state index is 0. The van der Waals surface area contributed by atoms with Crippen molar-refractivity contribution in [3.05, 3.63) is 76.5 Å². The summed E-state index contributed by atoms with van der Waals surface area (Å²) in [5.41, 5.74) is 4.41. The number of aryl methyl sites for hydroxylation is 2. The van der Waals surface area contributed by atoms with Gasteiger partial charge in [0.1, 0.15) is 0 Å². The fraction of sp³-hybridized carbons (Fsp3) is 0.304. The third-order valence-corrected chi connectivity index (χ3v) is 5.62. The number of benzene rings is 2. The molecule has 1 fully saturated rings. The van der Waals surface area contributed by atoms with Gasteiger partial charge in [-0.25, -0.2) is 11.6 Å². The van der Waals surface area contributed by atoms with E-state index in [0.29, 0.717) is 5.56 Å². The van der Waals surface area contributed by atoms with Crippen LogP contribution < -0.4 is 56.7 Å². The first-order valence-electron chi connectivity index (χ1n) is 9.10. The Morgan fingerprint density at radius 3 is 2.43 bits per heavy atom. The number of halogens is 1. The van der Waals surface area contributed by atoms with Gasteiger partial charge in [-0.3, -0.25) is 22.8 Å². The fourth-order valence-electron chi connectivity index (χ4n) is 2.90. The summed E-state index contributed by atoms with van der Waals surface area (Å²) < 4.78 is 1.03. The number of carbonyl (C=O) groups is 1. The first-order chi connectivity index (χ1) is 12.9. The summed E-state index contributed by atoms with van der Waals surface area (Å²) in [4.78, 5) is 22.2. The van der Waals surface area contributed by atoms with E-state index in [-0.39, 0.29) is 63.2 Å². The predicted molar refractivity (Wildman–Crippen MR) is 114 cm³/mol. The Balaban J connectivity index is 0.000000307. The minimum absolute atomic E-state index is 0. The van der Waals surface area contributed by atoms with Crippen molar-refractivity contribution >= 4 is 33.8 Å². The number of carbonyl (C=O) groups excluding carboxylic acids is 2. The van der Waals surface area contributed by atoms with Crippen LogP contribution in [-0.2, 0) is 9.59 Å². The van der Waals surface area contributed by atoms with Gasteiger partial charge in [0.25, 0.3) is 0 Å². The van der Waals surface area contributed by atoms with Crippen molar-refractivity contribution in [1.82, 2.24) is 0 Å². The zero-order chi connectivity index (χ0) is 19.8. The Bertz CT molecular complexity index is 801. The molecule has 0 unspecified atom stereocenters. The third kappa shape index (κ3) is 7.77. The maximum Gasteiger partial charge on any atom is 1.00 e. The van der Waals surface area contributed by atoms with Crippen molar-refractivity contribution < 1.29 is 61.0 Å². The second-order valence-corrected chi connectivity index (χ2v) is 7.65. The molecule has 3 rings (SSSR count). The van der Waals surface area contributed by atoms with Gasteiger partial charge in [0.15, 0.2) is 0 Å². The maximum absolute atomic E-state index is 12.0. The van der Waals surface area contributed by atoms with Crippen molar-refractivity contribution in [2.24, 2.45) is 5.92 Å². The van der Waals surface area contributed by atoms with E-state index in [2.05, 4.69) is 34.6 Å². The van der Waals surface area contributed by atoms with Gasteiger partial charge in [-0.05, 0) is 30.9 Å². The SMILES string of the molecule is Cc1ccc(NC(=O)C2CC[CH-]CC2)cc1Br.[CH2-]c1c(C)cccc1[C-]=O.[K+]. The minimum Gasteiger partial charge on any atom is -0.391 e. The summed E-state index contributed by atoms with van der Waals surface area (Å²) >= 11 is 3.48. The molecule has 1 amide bonds. The van der Waals surface area contributed by atoms with Crippen LogP contribution in [0.2, 0.25) is 0 Å². The summed E-state index contributed by atoms with van der Waals surface area (Å²) in [6.45, 7) is 7.68. The van der Waals surface area contributed by atoms with Crippen molar-refractivity contribution in [3.8, 4) is 0 Å². The van der Waals surface area contributed by atoms with Crippen LogP contribution in [0, 0.1) is 33.1 Å². The van der Waals surface area contributed by atoms with Crippen LogP contribution in [0.3, 0.4) is 0 Å². The van der Waals surface area contributed by atoms with E-state index in [1.54, 1.807) is 6.07 Å². The zero-order valence-corrected chi connectivity index (χ0v) is 21.6. The fourth-order valence-corrected chi connectivity index (χ4v) is 3.28. The van der Waals surface area contributed by atoms with E-state index >= 15 is 0 Å². The molecule has 0 radical (unpaired) electrons. The molecule has 0 spiro atoms. The van der Waals surface area contributed by atoms with Gasteiger partial charge in [-0.1, -0.05) is 41.8 Å². The van der Waals surface area contributed by atoms with Crippen molar-refractivity contribution in [1.29, 1.82) is 0 Å². The van der Waals surface area contributed by atoms with E-state index in [4.69, 9.17) is 0 Å². The molecule has 1 aliphatic rings. The van der Waals surface area contributed by atoms with E-state index in [9.17, 15) is 9.59 Å². The molecule has 1 saturated carbocycles. The second kappa shape index (κ2) is 13.0. The predicted octanol–water partition coefficient (Wildman–Crippen LogP) is 2.73. The molecule has 0 atom stereocenters. The molecule has 0 saturated heterocycles. The van der Waals surface area contributed by atoms with Crippen LogP contribution in [0.1, 0.15) is 47.9 Å². The molecular weight excluding hydrogens is 441 g/mol. The van der Waals surface area contributed by atoms with Gasteiger partial charge < -0.3 is 16.5 Å². The molecule has 2 aromatic carbocycles. The first-order valence-corrected chi connectivity index (χ1v) is 9.90. The van der Waals surface area contributed by atoms with E-state index in [1.165, 1.54) is 5.56 Å². The average molecular weight is 466 g/mol. The molecule has 1 aliphatic carbocycles. The zero-order valence-electron chi connectivity index (χ0n) is 16.8. The standard InChI is InChI=1S/C14H17BrNO.C9H8O.K/c1-10-7-8-12(9-13(10)15)16-14(17)11-5-3-2-4-6-11;1-7-4-3-5-9(6-10)8(7)2;/h2,7-9,11H,3-6H2,1H3,(H,16,17);3-5H,2H2,1H3;/q-1;-2;+1. The normalized spacial score (nSPS) is 13.5. The smallest absolute Gasteiger partial charge is 0.391 e. The molecule has 5 heteroatoms. The van der Waals surface area contributed by atoms with Gasteiger partial charge in [0.2, 0.25) is 5.91 Å². The largest absolute Gasteiger partial charge is 1.00 e. The molecule has 2 aromatic rings. The van der Waals surface area contributed by atoms with Gasteiger partial charge in [-0.15, -0.1) is 12.1 Å². The Labute approximate surface area is 219 Å². The topological polar surface area (TPSA) is 46.2 Å². The van der Waals surface area contributed by atoms with Crippen LogP contribution in [0.15, 0.2) is 40.9 Å². The molecule has 1 N–H and O–H groups in total. The molecule has 0 aromatic heterocycles. The van der Waals surface area contributed by atoms with Gasteiger partial charge in [0, 0.05) is 16.1 Å². The first kappa shape index (κ1) is 25.6. The average Bonchev–Trinajstić information content (AvgIpc) is 2.68. The number of hydrogen-bond acceptors (Lipinski definition) is 2.